The molecule has 1 aliphatic rings. The summed E-state index contributed by atoms with van der Waals surface area (Å²) < 4.78 is 0. The van der Waals surface area contributed by atoms with Crippen molar-refractivity contribution in [1.82, 2.24) is 10.3 Å². The third kappa shape index (κ3) is 3.22. The first-order valence-electron chi connectivity index (χ1n) is 5.64. The molecule has 0 saturated carbocycles. The number of thioether (sulfide) groups is 1. The smallest absolute Gasteiger partial charge is 0.156 e. The van der Waals surface area contributed by atoms with Gasteiger partial charge in [-0.15, -0.1) is 11.3 Å². The van der Waals surface area contributed by atoms with Crippen molar-refractivity contribution >= 4 is 28.3 Å². The van der Waals surface area contributed by atoms with Gasteiger partial charge in [0.05, 0.1) is 11.6 Å². The van der Waals surface area contributed by atoms with Crippen LogP contribution in [0.25, 0.3) is 0 Å². The normalized spacial score (nSPS) is 19.9. The number of hydrogen-bond acceptors (Lipinski definition) is 5. The highest BCUT2D eigenvalue weighted by Crippen LogP contribution is 2.21. The van der Waals surface area contributed by atoms with Crippen LogP contribution < -0.4 is 5.32 Å². The molecule has 1 aliphatic heterocycles. The molecule has 3 nitrogen and oxygen atoms in total. The van der Waals surface area contributed by atoms with Gasteiger partial charge in [0.1, 0.15) is 0 Å². The molecule has 0 amide bonds. The number of aromatic nitrogens is 1. The molecular formula is C11H17N3S2. The predicted octanol–water partition coefficient (Wildman–Crippen LogP) is 2.47. The van der Waals surface area contributed by atoms with Crippen molar-refractivity contribution in [2.75, 3.05) is 13.1 Å². The van der Waals surface area contributed by atoms with Gasteiger partial charge < -0.3 is 5.32 Å². The van der Waals surface area contributed by atoms with E-state index in [9.17, 15) is 0 Å². The van der Waals surface area contributed by atoms with Crippen LogP contribution in [0.3, 0.4) is 0 Å². The summed E-state index contributed by atoms with van der Waals surface area (Å²) in [5, 5.41) is 8.49. The van der Waals surface area contributed by atoms with Gasteiger partial charge in [0.15, 0.2) is 5.17 Å². The maximum absolute atomic E-state index is 4.48. The van der Waals surface area contributed by atoms with Gasteiger partial charge in [-0.3, -0.25) is 4.99 Å². The minimum Gasteiger partial charge on any atom is -0.364 e. The molecule has 2 heterocycles. The van der Waals surface area contributed by atoms with Crippen LogP contribution in [-0.4, -0.2) is 28.5 Å². The van der Waals surface area contributed by atoms with Gasteiger partial charge in [0.2, 0.25) is 0 Å². The van der Waals surface area contributed by atoms with Crippen molar-refractivity contribution < 1.29 is 0 Å². The molecule has 0 fully saturated rings. The highest BCUT2D eigenvalue weighted by molar-refractivity contribution is 8.14. The molecule has 88 valence electrons. The first kappa shape index (κ1) is 11.9. The Morgan fingerprint density at radius 1 is 1.56 bits per heavy atom. The third-order valence-corrected chi connectivity index (χ3v) is 4.79. The summed E-state index contributed by atoms with van der Waals surface area (Å²) in [5.41, 5.74) is 1.12. The summed E-state index contributed by atoms with van der Waals surface area (Å²) in [6.07, 6.45) is 2.19. The highest BCUT2D eigenvalue weighted by atomic mass is 32.2. The first-order chi connectivity index (χ1) is 7.78. The minimum atomic E-state index is 0.685. The molecule has 0 saturated heterocycles. The van der Waals surface area contributed by atoms with E-state index < -0.39 is 0 Å². The fraction of sp³-hybridized carbons (Fsp3) is 0.636. The van der Waals surface area contributed by atoms with Crippen molar-refractivity contribution in [2.24, 2.45) is 4.99 Å². The summed E-state index contributed by atoms with van der Waals surface area (Å²) in [6, 6.07) is 0. The van der Waals surface area contributed by atoms with E-state index in [2.05, 4.69) is 27.6 Å². The van der Waals surface area contributed by atoms with Gasteiger partial charge in [-0.2, -0.15) is 0 Å². The molecule has 1 aromatic rings. The lowest BCUT2D eigenvalue weighted by atomic mass is 10.3. The van der Waals surface area contributed by atoms with E-state index >= 15 is 0 Å². The molecule has 0 spiro atoms. The van der Waals surface area contributed by atoms with E-state index in [4.69, 9.17) is 0 Å². The molecule has 0 aromatic carbocycles. The Labute approximate surface area is 105 Å². The van der Waals surface area contributed by atoms with Gasteiger partial charge in [0, 0.05) is 29.3 Å². The molecule has 1 unspecified atom stereocenters. The Balaban J connectivity index is 1.69. The average Bonchev–Trinajstić information content (AvgIpc) is 2.88. The van der Waals surface area contributed by atoms with E-state index in [1.807, 2.05) is 18.7 Å². The van der Waals surface area contributed by atoms with Gasteiger partial charge in [-0.1, -0.05) is 18.7 Å². The van der Waals surface area contributed by atoms with Gasteiger partial charge in [0.25, 0.3) is 0 Å². The second-order valence-corrected chi connectivity index (χ2v) is 6.09. The molecule has 0 bridgehead atoms. The largest absolute Gasteiger partial charge is 0.364 e. The molecule has 2 rings (SSSR count). The number of rotatable bonds is 4. The van der Waals surface area contributed by atoms with Crippen molar-refractivity contribution in [3.63, 3.8) is 0 Å². The number of hydrogen-bond donors (Lipinski definition) is 1. The predicted molar refractivity (Wildman–Crippen MR) is 72.5 cm³/mol. The summed E-state index contributed by atoms with van der Waals surface area (Å²) in [5.74, 6) is 0. The Morgan fingerprint density at radius 3 is 3.06 bits per heavy atom. The second kappa shape index (κ2) is 5.68. The number of thiazole rings is 1. The summed E-state index contributed by atoms with van der Waals surface area (Å²) in [4.78, 5) is 8.91. The van der Waals surface area contributed by atoms with Crippen LogP contribution >= 0.6 is 23.1 Å². The lowest BCUT2D eigenvalue weighted by Gasteiger charge is -2.05. The molecule has 1 atom stereocenters. The molecular weight excluding hydrogens is 238 g/mol. The van der Waals surface area contributed by atoms with E-state index in [1.54, 1.807) is 11.3 Å². The lowest BCUT2D eigenvalue weighted by molar-refractivity contribution is 0.834. The fourth-order valence-electron chi connectivity index (χ4n) is 1.52. The summed E-state index contributed by atoms with van der Waals surface area (Å²) >= 11 is 3.61. The van der Waals surface area contributed by atoms with Crippen molar-refractivity contribution in [1.29, 1.82) is 0 Å². The average molecular weight is 255 g/mol. The van der Waals surface area contributed by atoms with Crippen LogP contribution in [-0.2, 0) is 6.42 Å². The van der Waals surface area contributed by atoms with Crippen molar-refractivity contribution in [3.8, 4) is 0 Å². The number of amidine groups is 1. The second-order valence-electron chi connectivity index (χ2n) is 3.85. The molecule has 0 radical (unpaired) electrons. The molecule has 1 aromatic heterocycles. The quantitative estimate of drug-likeness (QED) is 0.898. The Bertz CT molecular complexity index is 373. The minimum absolute atomic E-state index is 0.685. The Hall–Kier alpha value is -0.550. The zero-order valence-electron chi connectivity index (χ0n) is 9.69. The van der Waals surface area contributed by atoms with E-state index in [0.29, 0.717) is 5.25 Å². The van der Waals surface area contributed by atoms with Crippen LogP contribution in [0, 0.1) is 6.92 Å². The molecule has 1 N–H and O–H groups in total. The SMILES string of the molecule is CCC1CN=C(NCCc2nc(C)cs2)S1. The standard InChI is InChI=1S/C11H17N3S2/c1-3-9-6-13-11(16-9)12-5-4-10-14-8(2)7-15-10/h7,9H,3-6H2,1-2H3,(H,12,13). The van der Waals surface area contributed by atoms with Crippen LogP contribution in [0.4, 0.5) is 0 Å². The van der Waals surface area contributed by atoms with Crippen LogP contribution in [0.1, 0.15) is 24.0 Å². The van der Waals surface area contributed by atoms with Crippen LogP contribution in [0.15, 0.2) is 10.4 Å². The maximum Gasteiger partial charge on any atom is 0.156 e. The van der Waals surface area contributed by atoms with Gasteiger partial charge >= 0.3 is 0 Å². The molecule has 16 heavy (non-hydrogen) atoms. The van der Waals surface area contributed by atoms with E-state index in [-0.39, 0.29) is 0 Å². The topological polar surface area (TPSA) is 37.3 Å². The van der Waals surface area contributed by atoms with Gasteiger partial charge in [-0.25, -0.2) is 4.98 Å². The fourth-order valence-corrected chi connectivity index (χ4v) is 3.26. The van der Waals surface area contributed by atoms with Crippen LogP contribution in [0.5, 0.6) is 0 Å². The zero-order valence-corrected chi connectivity index (χ0v) is 11.3. The van der Waals surface area contributed by atoms with E-state index in [0.717, 1.165) is 30.4 Å². The lowest BCUT2D eigenvalue weighted by Crippen LogP contribution is -2.22. The number of nitrogens with one attached hydrogen (secondary N) is 1. The van der Waals surface area contributed by atoms with Crippen molar-refractivity contribution in [3.05, 3.63) is 16.1 Å². The first-order valence-corrected chi connectivity index (χ1v) is 7.40. The monoisotopic (exact) mass is 255 g/mol. The number of nitrogens with zero attached hydrogens (tertiary/aromatic N) is 2. The van der Waals surface area contributed by atoms with Crippen LogP contribution in [0.2, 0.25) is 0 Å². The van der Waals surface area contributed by atoms with Crippen molar-refractivity contribution in [2.45, 2.75) is 31.9 Å². The van der Waals surface area contributed by atoms with Gasteiger partial charge in [-0.05, 0) is 13.3 Å². The zero-order chi connectivity index (χ0) is 11.4. The molecule has 0 aliphatic carbocycles. The molecule has 5 heteroatoms. The number of aryl methyl sites for hydroxylation is 1. The van der Waals surface area contributed by atoms with E-state index in [1.165, 1.54) is 11.4 Å². The highest BCUT2D eigenvalue weighted by Gasteiger charge is 2.16. The number of aliphatic imine (C=N–C) groups is 1. The summed E-state index contributed by atoms with van der Waals surface area (Å²) in [6.45, 7) is 6.17. The third-order valence-electron chi connectivity index (χ3n) is 2.45. The Morgan fingerprint density at radius 2 is 2.44 bits per heavy atom. The Kier molecular flexibility index (Phi) is 4.23. The maximum atomic E-state index is 4.48. The summed E-state index contributed by atoms with van der Waals surface area (Å²) in [7, 11) is 0.